The topological polar surface area (TPSA) is 83.4 Å². The number of benzene rings is 1. The summed E-state index contributed by atoms with van der Waals surface area (Å²) in [4.78, 5) is 17.2. The third-order valence-electron chi connectivity index (χ3n) is 7.02. The molecule has 1 saturated carbocycles. The number of aryl methyl sites for hydroxylation is 1. The van der Waals surface area contributed by atoms with Gasteiger partial charge >= 0.3 is 6.18 Å². The first-order chi connectivity index (χ1) is 16.2. The highest BCUT2D eigenvalue weighted by molar-refractivity contribution is 6.09. The van der Waals surface area contributed by atoms with Crippen molar-refractivity contribution >= 4 is 22.5 Å². The van der Waals surface area contributed by atoms with Crippen molar-refractivity contribution in [3.05, 3.63) is 41.9 Å². The first-order valence-electron chi connectivity index (χ1n) is 11.5. The van der Waals surface area contributed by atoms with Crippen molar-refractivity contribution in [3.63, 3.8) is 0 Å². The number of ether oxygens (including phenoxy) is 1. The lowest BCUT2D eigenvalue weighted by Gasteiger charge is -2.20. The van der Waals surface area contributed by atoms with Gasteiger partial charge in [0.15, 0.2) is 0 Å². The molecule has 1 amide bonds. The van der Waals surface area contributed by atoms with Gasteiger partial charge in [-0.3, -0.25) is 9.69 Å². The molecule has 2 aromatic heterocycles. The van der Waals surface area contributed by atoms with Crippen molar-refractivity contribution in [2.24, 2.45) is 17.8 Å². The molecular weight excluding hydrogens is 449 g/mol. The van der Waals surface area contributed by atoms with Gasteiger partial charge in [0.25, 0.3) is 5.91 Å². The summed E-state index contributed by atoms with van der Waals surface area (Å²) < 4.78 is 48.9. The molecule has 3 aromatic rings. The van der Waals surface area contributed by atoms with Crippen LogP contribution in [0.1, 0.15) is 35.4 Å². The molecule has 2 fully saturated rings. The van der Waals surface area contributed by atoms with Crippen LogP contribution in [0.4, 0.5) is 18.9 Å². The zero-order chi connectivity index (χ0) is 23.9. The highest BCUT2D eigenvalue weighted by atomic mass is 19.4. The molecule has 0 spiro atoms. The Balaban J connectivity index is 1.13. The number of aromatic nitrogens is 2. The number of carbonyl (C=O) groups excluding carboxylic acids is 1. The maximum absolute atomic E-state index is 12.6. The summed E-state index contributed by atoms with van der Waals surface area (Å²) in [5.41, 5.74) is 1.89. The Morgan fingerprint density at radius 3 is 2.74 bits per heavy atom. The van der Waals surface area contributed by atoms with Crippen molar-refractivity contribution in [2.75, 3.05) is 31.6 Å². The van der Waals surface area contributed by atoms with E-state index in [1.54, 1.807) is 18.0 Å². The van der Waals surface area contributed by atoms with Crippen LogP contribution < -0.4 is 10.1 Å². The molecule has 2 N–H and O–H groups in total. The molecule has 3 heterocycles. The second-order valence-electron chi connectivity index (χ2n) is 9.46. The zero-order valence-electron chi connectivity index (χ0n) is 18.8. The van der Waals surface area contributed by atoms with E-state index < -0.39 is 12.7 Å². The number of amides is 1. The number of anilines is 1. The van der Waals surface area contributed by atoms with Crippen molar-refractivity contribution in [1.82, 2.24) is 15.0 Å². The minimum atomic E-state index is -4.12. The number of halogens is 3. The minimum Gasteiger partial charge on any atom is -0.494 e. The summed E-state index contributed by atoms with van der Waals surface area (Å²) in [5.74, 6) is 2.07. The van der Waals surface area contributed by atoms with Gasteiger partial charge in [0, 0.05) is 30.2 Å². The fourth-order valence-electron chi connectivity index (χ4n) is 5.48. The third-order valence-corrected chi connectivity index (χ3v) is 7.02. The standard InChI is InChI=1S/C24H27F3N4O3/c1-14-20(9-29-34-14)23(32)30-22-10-28-21-3-2-18(8-19(21)22)33-5-4-15-6-16-11-31(12-17(16)7-15)13-24(25,26)27/h2-3,8-10,15-17,28H,4-7,11-13H2,1H3,(H,30,32)/t15?,16-,17+. The molecule has 2 aliphatic rings. The zero-order valence-corrected chi connectivity index (χ0v) is 18.8. The number of alkyl halides is 3. The summed E-state index contributed by atoms with van der Waals surface area (Å²) in [6.07, 6.45) is 1.82. The molecule has 1 saturated heterocycles. The van der Waals surface area contributed by atoms with Gasteiger partial charge in [-0.15, -0.1) is 0 Å². The van der Waals surface area contributed by atoms with E-state index in [-0.39, 0.29) is 5.91 Å². The van der Waals surface area contributed by atoms with E-state index in [0.29, 0.717) is 60.2 Å². The van der Waals surface area contributed by atoms with E-state index in [2.05, 4.69) is 15.5 Å². The Bertz CT molecular complexity index is 1160. The maximum atomic E-state index is 12.6. The quantitative estimate of drug-likeness (QED) is 0.501. The molecule has 0 radical (unpaired) electrons. The van der Waals surface area contributed by atoms with E-state index in [1.807, 2.05) is 18.2 Å². The van der Waals surface area contributed by atoms with Crippen LogP contribution in [0.15, 0.2) is 35.1 Å². The first kappa shape index (κ1) is 22.8. The average molecular weight is 476 g/mol. The molecule has 1 unspecified atom stereocenters. The summed E-state index contributed by atoms with van der Waals surface area (Å²) in [6, 6.07) is 5.67. The van der Waals surface area contributed by atoms with Crippen LogP contribution in [0, 0.1) is 24.7 Å². The highest BCUT2D eigenvalue weighted by Crippen LogP contribution is 2.43. The highest BCUT2D eigenvalue weighted by Gasteiger charge is 2.43. The predicted octanol–water partition coefficient (Wildman–Crippen LogP) is 5.01. The van der Waals surface area contributed by atoms with Crippen LogP contribution in [0.3, 0.4) is 0 Å². The van der Waals surface area contributed by atoms with Crippen LogP contribution in [-0.2, 0) is 0 Å². The lowest BCUT2D eigenvalue weighted by molar-refractivity contribution is -0.144. The van der Waals surface area contributed by atoms with Crippen LogP contribution in [0.5, 0.6) is 5.75 Å². The van der Waals surface area contributed by atoms with E-state index in [4.69, 9.17) is 9.26 Å². The number of H-pyrrole nitrogens is 1. The number of nitrogens with one attached hydrogen (secondary N) is 2. The lowest BCUT2D eigenvalue weighted by Crippen LogP contribution is -2.33. The minimum absolute atomic E-state index is 0.299. The number of carbonyl (C=O) groups is 1. The van der Waals surface area contributed by atoms with Gasteiger partial charge in [-0.2, -0.15) is 13.2 Å². The SMILES string of the molecule is Cc1oncc1C(=O)Nc1c[nH]c2ccc(OCCC3C[C@@H]4CN(CC(F)(F)F)C[C@@H]4C3)cc12. The molecule has 7 nitrogen and oxygen atoms in total. The molecule has 3 atom stereocenters. The predicted molar refractivity (Wildman–Crippen MR) is 120 cm³/mol. The average Bonchev–Trinajstić information content (AvgIpc) is 3.51. The van der Waals surface area contributed by atoms with Gasteiger partial charge in [-0.05, 0) is 62.1 Å². The Hall–Kier alpha value is -3.01. The Morgan fingerprint density at radius 1 is 1.29 bits per heavy atom. The number of aromatic amines is 1. The number of hydrogen-bond acceptors (Lipinski definition) is 5. The fourth-order valence-corrected chi connectivity index (χ4v) is 5.48. The molecule has 1 aromatic carbocycles. The van der Waals surface area contributed by atoms with E-state index >= 15 is 0 Å². The summed E-state index contributed by atoms with van der Waals surface area (Å²) >= 11 is 0. The van der Waals surface area contributed by atoms with E-state index in [1.165, 1.54) is 6.20 Å². The van der Waals surface area contributed by atoms with Gasteiger partial charge in [0.05, 0.1) is 25.0 Å². The van der Waals surface area contributed by atoms with E-state index in [9.17, 15) is 18.0 Å². The molecule has 5 rings (SSSR count). The van der Waals surface area contributed by atoms with Gasteiger partial charge in [0.2, 0.25) is 0 Å². The number of fused-ring (bicyclic) bond motifs is 2. The van der Waals surface area contributed by atoms with E-state index in [0.717, 1.165) is 30.2 Å². The van der Waals surface area contributed by atoms with Crippen molar-refractivity contribution < 1.29 is 27.2 Å². The van der Waals surface area contributed by atoms with Gasteiger partial charge in [-0.1, -0.05) is 5.16 Å². The van der Waals surface area contributed by atoms with Crippen molar-refractivity contribution in [3.8, 4) is 5.75 Å². The Kier molecular flexibility index (Phi) is 6.01. The van der Waals surface area contributed by atoms with Crippen molar-refractivity contribution in [2.45, 2.75) is 32.4 Å². The first-order valence-corrected chi connectivity index (χ1v) is 11.5. The maximum Gasteiger partial charge on any atom is 0.401 e. The normalized spacial score (nSPS) is 22.9. The number of hydrogen-bond donors (Lipinski definition) is 2. The van der Waals surface area contributed by atoms with Gasteiger partial charge in [-0.25, -0.2) is 0 Å². The molecule has 1 aliphatic heterocycles. The largest absolute Gasteiger partial charge is 0.494 e. The third kappa shape index (κ3) is 4.91. The summed E-state index contributed by atoms with van der Waals surface area (Å²) in [7, 11) is 0. The number of nitrogens with zero attached hydrogens (tertiary/aromatic N) is 2. The summed E-state index contributed by atoms with van der Waals surface area (Å²) in [6.45, 7) is 2.53. The van der Waals surface area contributed by atoms with Crippen LogP contribution in [0.2, 0.25) is 0 Å². The van der Waals surface area contributed by atoms with Gasteiger partial charge in [0.1, 0.15) is 17.1 Å². The molecule has 34 heavy (non-hydrogen) atoms. The van der Waals surface area contributed by atoms with Crippen LogP contribution in [0.25, 0.3) is 10.9 Å². The lowest BCUT2D eigenvalue weighted by atomic mass is 10.0. The summed E-state index contributed by atoms with van der Waals surface area (Å²) in [5, 5.41) is 7.35. The van der Waals surface area contributed by atoms with Crippen LogP contribution in [-0.4, -0.2) is 53.4 Å². The second-order valence-corrected chi connectivity index (χ2v) is 9.46. The second kappa shape index (κ2) is 8.98. The molecule has 182 valence electrons. The van der Waals surface area contributed by atoms with Gasteiger partial charge < -0.3 is 19.6 Å². The molecule has 10 heteroatoms. The number of likely N-dealkylation sites (tertiary alicyclic amines) is 1. The van der Waals surface area contributed by atoms with Crippen molar-refractivity contribution in [1.29, 1.82) is 0 Å². The molecule has 1 aliphatic carbocycles. The fraction of sp³-hybridized carbons (Fsp3) is 0.500. The monoisotopic (exact) mass is 476 g/mol. The molecular formula is C24H27F3N4O3. The smallest absolute Gasteiger partial charge is 0.401 e. The van der Waals surface area contributed by atoms with Crippen LogP contribution >= 0.6 is 0 Å². The number of rotatable bonds is 7. The molecule has 0 bridgehead atoms. The Morgan fingerprint density at radius 2 is 2.06 bits per heavy atom. The Labute approximate surface area is 194 Å².